The fourth-order valence-corrected chi connectivity index (χ4v) is 2.77. The van der Waals surface area contributed by atoms with Crippen LogP contribution in [-0.4, -0.2) is 36.2 Å². The van der Waals surface area contributed by atoms with Crippen LogP contribution in [0.1, 0.15) is 23.2 Å². The smallest absolute Gasteiger partial charge is 0.220 e. The predicted octanol–water partition coefficient (Wildman–Crippen LogP) is 2.37. The van der Waals surface area contributed by atoms with Crippen LogP contribution in [-0.2, 0) is 4.79 Å². The van der Waals surface area contributed by atoms with Crippen molar-refractivity contribution in [1.82, 2.24) is 4.90 Å². The van der Waals surface area contributed by atoms with Gasteiger partial charge in [-0.05, 0) is 44.1 Å². The number of Topliss-reactive ketones (excluding diaryl/α,β-unsaturated/α-hetero) is 1. The summed E-state index contributed by atoms with van der Waals surface area (Å²) in [4.78, 5) is 25.3. The second-order valence-corrected chi connectivity index (χ2v) is 5.84. The number of amides is 1. The van der Waals surface area contributed by atoms with Crippen LogP contribution >= 0.6 is 23.2 Å². The first-order valence-electron chi connectivity index (χ1n) is 6.47. The second-order valence-electron chi connectivity index (χ2n) is 5.00. The SMILES string of the molecule is NC(=O)C1CCN(CC(=O)c2cc(Cl)ccc2Cl)CC1. The number of carbonyl (C=O) groups excluding carboxylic acids is 2. The van der Waals surface area contributed by atoms with Gasteiger partial charge < -0.3 is 5.73 Å². The quantitative estimate of drug-likeness (QED) is 0.868. The van der Waals surface area contributed by atoms with Crippen LogP contribution in [0.5, 0.6) is 0 Å². The van der Waals surface area contributed by atoms with Gasteiger partial charge in [0.2, 0.25) is 5.91 Å². The lowest BCUT2D eigenvalue weighted by molar-refractivity contribution is -0.123. The van der Waals surface area contributed by atoms with Gasteiger partial charge in [0.25, 0.3) is 0 Å². The summed E-state index contributed by atoms with van der Waals surface area (Å²) >= 11 is 11.9. The molecule has 1 heterocycles. The number of primary amides is 1. The molecule has 0 saturated carbocycles. The van der Waals surface area contributed by atoms with Gasteiger partial charge in [0.05, 0.1) is 11.6 Å². The molecule has 1 aromatic carbocycles. The molecular weight excluding hydrogens is 299 g/mol. The van der Waals surface area contributed by atoms with Crippen molar-refractivity contribution < 1.29 is 9.59 Å². The minimum Gasteiger partial charge on any atom is -0.369 e. The van der Waals surface area contributed by atoms with E-state index < -0.39 is 0 Å². The zero-order valence-corrected chi connectivity index (χ0v) is 12.5. The number of hydrogen-bond donors (Lipinski definition) is 1. The molecule has 0 unspecified atom stereocenters. The third-order valence-electron chi connectivity index (χ3n) is 3.59. The summed E-state index contributed by atoms with van der Waals surface area (Å²) in [6.45, 7) is 1.67. The first-order valence-corrected chi connectivity index (χ1v) is 7.23. The van der Waals surface area contributed by atoms with Crippen LogP contribution in [0.4, 0.5) is 0 Å². The van der Waals surface area contributed by atoms with Gasteiger partial charge in [-0.2, -0.15) is 0 Å². The molecular formula is C14H16Cl2N2O2. The van der Waals surface area contributed by atoms with E-state index in [4.69, 9.17) is 28.9 Å². The molecule has 108 valence electrons. The lowest BCUT2D eigenvalue weighted by atomic mass is 9.96. The lowest BCUT2D eigenvalue weighted by Crippen LogP contribution is -2.40. The number of likely N-dealkylation sites (tertiary alicyclic amines) is 1. The van der Waals surface area contributed by atoms with E-state index in [0.29, 0.717) is 41.5 Å². The summed E-state index contributed by atoms with van der Waals surface area (Å²) in [5, 5.41) is 0.900. The number of halogens is 2. The van der Waals surface area contributed by atoms with Gasteiger partial charge in [-0.3, -0.25) is 14.5 Å². The van der Waals surface area contributed by atoms with Crippen LogP contribution in [0.25, 0.3) is 0 Å². The third kappa shape index (κ3) is 3.72. The molecule has 6 heteroatoms. The van der Waals surface area contributed by atoms with E-state index in [1.54, 1.807) is 18.2 Å². The average Bonchev–Trinajstić information content (AvgIpc) is 2.42. The molecule has 4 nitrogen and oxygen atoms in total. The van der Waals surface area contributed by atoms with Crippen molar-refractivity contribution in [2.45, 2.75) is 12.8 Å². The maximum absolute atomic E-state index is 12.2. The van der Waals surface area contributed by atoms with E-state index in [1.165, 1.54) is 0 Å². The molecule has 1 aliphatic rings. The highest BCUT2D eigenvalue weighted by molar-refractivity contribution is 6.36. The maximum Gasteiger partial charge on any atom is 0.220 e. The summed E-state index contributed by atoms with van der Waals surface area (Å²) < 4.78 is 0. The summed E-state index contributed by atoms with van der Waals surface area (Å²) in [5.41, 5.74) is 5.73. The summed E-state index contributed by atoms with van der Waals surface area (Å²) in [7, 11) is 0. The molecule has 0 bridgehead atoms. The van der Waals surface area contributed by atoms with Crippen molar-refractivity contribution in [3.05, 3.63) is 33.8 Å². The fraction of sp³-hybridized carbons (Fsp3) is 0.429. The van der Waals surface area contributed by atoms with E-state index in [1.807, 2.05) is 4.90 Å². The van der Waals surface area contributed by atoms with Gasteiger partial charge in [-0.25, -0.2) is 0 Å². The van der Waals surface area contributed by atoms with Gasteiger partial charge in [-0.1, -0.05) is 23.2 Å². The molecule has 1 aromatic rings. The van der Waals surface area contributed by atoms with E-state index in [2.05, 4.69) is 0 Å². The van der Waals surface area contributed by atoms with Crippen molar-refractivity contribution in [3.63, 3.8) is 0 Å². The van der Waals surface area contributed by atoms with Crippen molar-refractivity contribution in [1.29, 1.82) is 0 Å². The predicted molar refractivity (Wildman–Crippen MR) is 79.2 cm³/mol. The monoisotopic (exact) mass is 314 g/mol. The Hall–Kier alpha value is -1.10. The van der Waals surface area contributed by atoms with Crippen LogP contribution in [0.3, 0.4) is 0 Å². The first kappa shape index (κ1) is 15.3. The maximum atomic E-state index is 12.2. The molecule has 0 spiro atoms. The Balaban J connectivity index is 1.96. The summed E-state index contributed by atoms with van der Waals surface area (Å²) in [6, 6.07) is 4.86. The van der Waals surface area contributed by atoms with Crippen molar-refractivity contribution >= 4 is 34.9 Å². The Kier molecular flexibility index (Phi) is 5.02. The van der Waals surface area contributed by atoms with Crippen LogP contribution in [0.15, 0.2) is 18.2 Å². The zero-order chi connectivity index (χ0) is 14.7. The number of hydrogen-bond acceptors (Lipinski definition) is 3. The number of rotatable bonds is 4. The van der Waals surface area contributed by atoms with Crippen LogP contribution < -0.4 is 5.73 Å². The Morgan fingerprint density at radius 2 is 1.90 bits per heavy atom. The molecule has 2 N–H and O–H groups in total. The summed E-state index contributed by atoms with van der Waals surface area (Å²) in [5.74, 6) is -0.389. The molecule has 1 aliphatic heterocycles. The largest absolute Gasteiger partial charge is 0.369 e. The number of benzene rings is 1. The third-order valence-corrected chi connectivity index (χ3v) is 4.15. The molecule has 2 rings (SSSR count). The highest BCUT2D eigenvalue weighted by Crippen LogP contribution is 2.22. The normalized spacial score (nSPS) is 17.1. The van der Waals surface area contributed by atoms with Crippen LogP contribution in [0, 0.1) is 5.92 Å². The minimum atomic E-state index is -0.256. The molecule has 1 fully saturated rings. The van der Waals surface area contributed by atoms with Gasteiger partial charge >= 0.3 is 0 Å². The number of piperidine rings is 1. The van der Waals surface area contributed by atoms with E-state index in [0.717, 1.165) is 0 Å². The molecule has 20 heavy (non-hydrogen) atoms. The highest BCUT2D eigenvalue weighted by atomic mass is 35.5. The van der Waals surface area contributed by atoms with Gasteiger partial charge in [0.15, 0.2) is 5.78 Å². The number of ketones is 1. The summed E-state index contributed by atoms with van der Waals surface area (Å²) in [6.07, 6.45) is 1.40. The number of nitrogens with zero attached hydrogens (tertiary/aromatic N) is 1. The highest BCUT2D eigenvalue weighted by Gasteiger charge is 2.24. The molecule has 1 saturated heterocycles. The van der Waals surface area contributed by atoms with Crippen molar-refractivity contribution in [2.75, 3.05) is 19.6 Å². The number of nitrogens with two attached hydrogens (primary N) is 1. The van der Waals surface area contributed by atoms with E-state index >= 15 is 0 Å². The topological polar surface area (TPSA) is 63.4 Å². The molecule has 0 atom stereocenters. The molecule has 0 aliphatic carbocycles. The molecule has 1 amide bonds. The van der Waals surface area contributed by atoms with Crippen LogP contribution in [0.2, 0.25) is 10.0 Å². The zero-order valence-electron chi connectivity index (χ0n) is 10.9. The Morgan fingerprint density at radius 3 is 2.50 bits per heavy atom. The molecule has 0 radical (unpaired) electrons. The average molecular weight is 315 g/mol. The van der Waals surface area contributed by atoms with Crippen molar-refractivity contribution in [2.24, 2.45) is 11.7 Å². The number of carbonyl (C=O) groups is 2. The Bertz CT molecular complexity index is 526. The van der Waals surface area contributed by atoms with Gasteiger partial charge in [0.1, 0.15) is 0 Å². The van der Waals surface area contributed by atoms with E-state index in [-0.39, 0.29) is 24.2 Å². The Morgan fingerprint density at radius 1 is 1.25 bits per heavy atom. The molecule has 0 aromatic heterocycles. The lowest BCUT2D eigenvalue weighted by Gasteiger charge is -2.29. The second kappa shape index (κ2) is 6.57. The minimum absolute atomic E-state index is 0.0602. The standard InChI is InChI=1S/C14H16Cl2N2O2/c15-10-1-2-12(16)11(7-10)13(19)8-18-5-3-9(4-6-18)14(17)20/h1-2,7,9H,3-6,8H2,(H2,17,20). The van der Waals surface area contributed by atoms with E-state index in [9.17, 15) is 9.59 Å². The fourth-order valence-electron chi connectivity index (χ4n) is 2.38. The Labute approximate surface area is 127 Å². The first-order chi connectivity index (χ1) is 9.47. The van der Waals surface area contributed by atoms with Gasteiger partial charge in [-0.15, -0.1) is 0 Å². The van der Waals surface area contributed by atoms with Crippen molar-refractivity contribution in [3.8, 4) is 0 Å². The van der Waals surface area contributed by atoms with Gasteiger partial charge in [0, 0.05) is 16.5 Å².